The van der Waals surface area contributed by atoms with Crippen molar-refractivity contribution in [1.29, 1.82) is 0 Å². The van der Waals surface area contributed by atoms with E-state index >= 15 is 0 Å². The molecular weight excluding hydrogens is 348 g/mol. The maximum atomic E-state index is 5.39. The van der Waals surface area contributed by atoms with Crippen molar-refractivity contribution in [1.82, 2.24) is 0 Å². The average molecular weight is 366 g/mol. The van der Waals surface area contributed by atoms with Crippen LogP contribution in [0.15, 0.2) is 0 Å². The first kappa shape index (κ1) is 16.8. The Balaban J connectivity index is 3.06. The average Bonchev–Trinajstić information content (AvgIpc) is 2.28. The van der Waals surface area contributed by atoms with E-state index in [1.165, 1.54) is 0 Å². The van der Waals surface area contributed by atoms with Crippen molar-refractivity contribution < 1.29 is 24.6 Å². The zero-order chi connectivity index (χ0) is 12.1. The second-order valence-electron chi connectivity index (χ2n) is 3.01. The maximum Gasteiger partial charge on any atom is 0.111 e. The number of hydrogen-bond donors (Lipinski definition) is 0. The van der Waals surface area contributed by atoms with Gasteiger partial charge in [0.2, 0.25) is 0 Å². The van der Waals surface area contributed by atoms with Crippen molar-refractivity contribution in [2.45, 2.75) is 25.9 Å². The van der Waals surface area contributed by atoms with Crippen LogP contribution in [0.3, 0.4) is 0 Å². The molecule has 0 saturated carbocycles. The molecule has 0 aliphatic carbocycles. The van der Waals surface area contributed by atoms with Crippen molar-refractivity contribution in [2.24, 2.45) is 0 Å². The molecule has 0 radical (unpaired) electrons. The van der Waals surface area contributed by atoms with E-state index < -0.39 is 0 Å². The first-order valence-corrected chi connectivity index (χ1v) is 7.36. The van der Waals surface area contributed by atoms with Gasteiger partial charge in [0.25, 0.3) is 0 Å². The SMILES string of the molecule is CC(COOOOCCCBr)OCCCBr. The maximum absolute atomic E-state index is 5.39. The van der Waals surface area contributed by atoms with Gasteiger partial charge in [0.05, 0.1) is 12.7 Å². The molecule has 1 atom stereocenters. The molecule has 98 valence electrons. The summed E-state index contributed by atoms with van der Waals surface area (Å²) in [5.74, 6) is 0. The lowest BCUT2D eigenvalue weighted by atomic mass is 10.4. The van der Waals surface area contributed by atoms with Crippen LogP contribution in [-0.2, 0) is 24.6 Å². The summed E-state index contributed by atoms with van der Waals surface area (Å²) >= 11 is 6.57. The Kier molecular flexibility index (Phi) is 14.5. The van der Waals surface area contributed by atoms with Gasteiger partial charge < -0.3 is 4.74 Å². The van der Waals surface area contributed by atoms with Crippen molar-refractivity contribution in [3.05, 3.63) is 0 Å². The van der Waals surface area contributed by atoms with Gasteiger partial charge in [-0.15, -0.1) is 0 Å². The van der Waals surface area contributed by atoms with E-state index in [-0.39, 0.29) is 6.10 Å². The van der Waals surface area contributed by atoms with Gasteiger partial charge in [-0.05, 0) is 29.8 Å². The Morgan fingerprint density at radius 2 is 1.56 bits per heavy atom. The molecule has 0 aliphatic heterocycles. The lowest BCUT2D eigenvalue weighted by molar-refractivity contribution is -0.635. The molecule has 1 unspecified atom stereocenters. The molecule has 5 nitrogen and oxygen atoms in total. The van der Waals surface area contributed by atoms with E-state index in [1.54, 1.807) is 0 Å². The highest BCUT2D eigenvalue weighted by molar-refractivity contribution is 9.09. The molecule has 0 N–H and O–H groups in total. The van der Waals surface area contributed by atoms with Crippen molar-refractivity contribution in [3.63, 3.8) is 0 Å². The molecule has 0 aromatic heterocycles. The quantitative estimate of drug-likeness (QED) is 0.230. The summed E-state index contributed by atoms with van der Waals surface area (Å²) in [6.07, 6.45) is 1.78. The molecule has 0 aromatic carbocycles. The third-order valence-corrected chi connectivity index (χ3v) is 2.59. The van der Waals surface area contributed by atoms with E-state index in [0.29, 0.717) is 19.8 Å². The fourth-order valence-electron chi connectivity index (χ4n) is 0.698. The van der Waals surface area contributed by atoms with E-state index in [1.807, 2.05) is 6.92 Å². The summed E-state index contributed by atoms with van der Waals surface area (Å²) in [7, 11) is 0. The van der Waals surface area contributed by atoms with Gasteiger partial charge in [-0.1, -0.05) is 31.9 Å². The van der Waals surface area contributed by atoms with Crippen LogP contribution in [0.25, 0.3) is 0 Å². The highest BCUT2D eigenvalue weighted by Crippen LogP contribution is 1.97. The molecule has 7 heteroatoms. The minimum atomic E-state index is -0.0369. The normalized spacial score (nSPS) is 12.9. The monoisotopic (exact) mass is 364 g/mol. The second-order valence-corrected chi connectivity index (χ2v) is 4.60. The van der Waals surface area contributed by atoms with Crippen LogP contribution in [0.4, 0.5) is 0 Å². The molecule has 0 fully saturated rings. The Bertz CT molecular complexity index is 139. The van der Waals surface area contributed by atoms with Gasteiger partial charge in [-0.2, -0.15) is 0 Å². The topological polar surface area (TPSA) is 46.2 Å². The predicted molar refractivity (Wildman–Crippen MR) is 66.3 cm³/mol. The van der Waals surface area contributed by atoms with Crippen LogP contribution in [-0.4, -0.2) is 36.6 Å². The molecule has 16 heavy (non-hydrogen) atoms. The number of rotatable bonds is 12. The van der Waals surface area contributed by atoms with Crippen LogP contribution in [0.5, 0.6) is 0 Å². The number of hydrogen-bond acceptors (Lipinski definition) is 5. The van der Waals surface area contributed by atoms with Gasteiger partial charge >= 0.3 is 0 Å². The Morgan fingerprint density at radius 3 is 2.25 bits per heavy atom. The zero-order valence-corrected chi connectivity index (χ0v) is 12.5. The van der Waals surface area contributed by atoms with Crippen molar-refractivity contribution in [2.75, 3.05) is 30.5 Å². The summed E-state index contributed by atoms with van der Waals surface area (Å²) in [6, 6.07) is 0. The minimum Gasteiger partial charge on any atom is -0.376 e. The Morgan fingerprint density at radius 1 is 0.938 bits per heavy atom. The van der Waals surface area contributed by atoms with Gasteiger partial charge in [-0.3, -0.25) is 0 Å². The highest BCUT2D eigenvalue weighted by atomic mass is 79.9. The lowest BCUT2D eigenvalue weighted by Gasteiger charge is -2.11. The lowest BCUT2D eigenvalue weighted by Crippen LogP contribution is -2.17. The Labute approximate surface area is 113 Å². The predicted octanol–water partition coefficient (Wildman–Crippen LogP) is 2.77. The molecule has 0 heterocycles. The summed E-state index contributed by atoms with van der Waals surface area (Å²) in [5, 5.41) is 10.4. The van der Waals surface area contributed by atoms with E-state index in [4.69, 9.17) is 9.62 Å². The fourth-order valence-corrected chi connectivity index (χ4v) is 1.16. The van der Waals surface area contributed by atoms with Crippen LogP contribution in [0.2, 0.25) is 0 Å². The smallest absolute Gasteiger partial charge is 0.111 e. The summed E-state index contributed by atoms with van der Waals surface area (Å²) in [5.41, 5.74) is 0. The second kappa shape index (κ2) is 13.8. The van der Waals surface area contributed by atoms with Gasteiger partial charge in [0, 0.05) is 17.3 Å². The van der Waals surface area contributed by atoms with Gasteiger partial charge in [0.15, 0.2) is 0 Å². The van der Waals surface area contributed by atoms with E-state index in [9.17, 15) is 0 Å². The highest BCUT2D eigenvalue weighted by Gasteiger charge is 2.03. The van der Waals surface area contributed by atoms with E-state index in [0.717, 1.165) is 23.5 Å². The zero-order valence-electron chi connectivity index (χ0n) is 9.32. The van der Waals surface area contributed by atoms with E-state index in [2.05, 4.69) is 46.8 Å². The van der Waals surface area contributed by atoms with Crippen molar-refractivity contribution in [3.8, 4) is 0 Å². The third-order valence-electron chi connectivity index (χ3n) is 1.47. The van der Waals surface area contributed by atoms with Crippen LogP contribution in [0.1, 0.15) is 19.8 Å². The molecule has 0 aliphatic rings. The number of alkyl halides is 2. The van der Waals surface area contributed by atoms with Crippen molar-refractivity contribution >= 4 is 31.9 Å². The number of halogens is 2. The van der Waals surface area contributed by atoms with Crippen LogP contribution < -0.4 is 0 Å². The first-order valence-electron chi connectivity index (χ1n) is 5.12. The van der Waals surface area contributed by atoms with Gasteiger partial charge in [-0.25, -0.2) is 9.78 Å². The molecule has 0 bridgehead atoms. The third kappa shape index (κ3) is 12.8. The Hall–Kier alpha value is 0.760. The molecule has 0 saturated heterocycles. The fraction of sp³-hybridized carbons (Fsp3) is 1.00. The first-order chi connectivity index (χ1) is 7.81. The summed E-state index contributed by atoms with van der Waals surface area (Å²) in [6.45, 7) is 3.33. The largest absolute Gasteiger partial charge is 0.376 e. The standard InChI is InChI=1S/C9H18Br2O5/c1-9(12-6-2-4-10)8-14-16-15-13-7-3-5-11/h9H,2-8H2,1H3. The molecule has 0 spiro atoms. The van der Waals surface area contributed by atoms with Crippen LogP contribution >= 0.6 is 31.9 Å². The molecule has 0 rings (SSSR count). The summed E-state index contributed by atoms with van der Waals surface area (Å²) in [4.78, 5) is 9.34. The van der Waals surface area contributed by atoms with Gasteiger partial charge in [0.1, 0.15) is 6.61 Å². The molecule has 0 amide bonds. The van der Waals surface area contributed by atoms with Crippen LogP contribution in [0, 0.1) is 0 Å². The molecule has 0 aromatic rings. The summed E-state index contributed by atoms with van der Waals surface area (Å²) < 4.78 is 5.39. The minimum absolute atomic E-state index is 0.0369. The number of ether oxygens (including phenoxy) is 1. The molecular formula is C9H18Br2O5.